The van der Waals surface area contributed by atoms with Crippen molar-refractivity contribution in [1.29, 1.82) is 0 Å². The van der Waals surface area contributed by atoms with Gasteiger partial charge >= 0.3 is 0 Å². The topological polar surface area (TPSA) is 72.9 Å². The summed E-state index contributed by atoms with van der Waals surface area (Å²) in [7, 11) is 1.74. The van der Waals surface area contributed by atoms with E-state index < -0.39 is 11.9 Å². The van der Waals surface area contributed by atoms with E-state index in [1.807, 2.05) is 0 Å². The van der Waals surface area contributed by atoms with Crippen LogP contribution in [0.15, 0.2) is 30.6 Å². The molecule has 1 heterocycles. The Kier molecular flexibility index (Phi) is 3.62. The van der Waals surface area contributed by atoms with Gasteiger partial charge in [0.05, 0.1) is 6.20 Å². The summed E-state index contributed by atoms with van der Waals surface area (Å²) in [6.45, 7) is 1.60. The highest BCUT2D eigenvalue weighted by molar-refractivity contribution is 5.95. The third-order valence-electron chi connectivity index (χ3n) is 2.89. The Morgan fingerprint density at radius 3 is 2.89 bits per heavy atom. The lowest BCUT2D eigenvalue weighted by atomic mass is 10.1. The van der Waals surface area contributed by atoms with E-state index in [2.05, 4.69) is 10.4 Å². The van der Waals surface area contributed by atoms with Gasteiger partial charge < -0.3 is 11.1 Å². The van der Waals surface area contributed by atoms with Gasteiger partial charge in [-0.15, -0.1) is 0 Å². The molecule has 100 valence electrons. The van der Waals surface area contributed by atoms with Crippen LogP contribution in [0.5, 0.6) is 0 Å². The minimum absolute atomic E-state index is 0.368. The largest absolute Gasteiger partial charge is 0.324 e. The monoisotopic (exact) mass is 262 g/mol. The van der Waals surface area contributed by atoms with E-state index in [0.29, 0.717) is 16.8 Å². The summed E-state index contributed by atoms with van der Waals surface area (Å²) in [4.78, 5) is 12.0. The number of amides is 1. The van der Waals surface area contributed by atoms with E-state index in [1.165, 1.54) is 18.3 Å². The van der Waals surface area contributed by atoms with E-state index in [-0.39, 0.29) is 5.82 Å². The maximum Gasteiger partial charge on any atom is 0.246 e. The highest BCUT2D eigenvalue weighted by Gasteiger charge is 2.18. The van der Waals surface area contributed by atoms with Crippen molar-refractivity contribution < 1.29 is 9.18 Å². The highest BCUT2D eigenvalue weighted by atomic mass is 19.1. The molecule has 2 aromatic rings. The number of nitrogens with one attached hydrogen (secondary N) is 1. The third-order valence-corrected chi connectivity index (χ3v) is 2.89. The fourth-order valence-corrected chi connectivity index (χ4v) is 1.71. The summed E-state index contributed by atoms with van der Waals surface area (Å²) < 4.78 is 14.9. The summed E-state index contributed by atoms with van der Waals surface area (Å²) in [5.74, 6) is -0.769. The van der Waals surface area contributed by atoms with Crippen molar-refractivity contribution in [1.82, 2.24) is 9.78 Å². The number of hydrogen-bond donors (Lipinski definition) is 2. The molecule has 1 amide bonds. The zero-order valence-corrected chi connectivity index (χ0v) is 10.7. The second kappa shape index (κ2) is 5.19. The molecule has 1 unspecified atom stereocenters. The van der Waals surface area contributed by atoms with Crippen molar-refractivity contribution in [3.05, 3.63) is 47.5 Å². The average Bonchev–Trinajstić information content (AvgIpc) is 2.80. The molecule has 1 aromatic carbocycles. The first-order chi connectivity index (χ1) is 8.99. The smallest absolute Gasteiger partial charge is 0.246 e. The van der Waals surface area contributed by atoms with Crippen LogP contribution in [0.4, 0.5) is 10.1 Å². The summed E-state index contributed by atoms with van der Waals surface area (Å²) in [5, 5.41) is 6.57. The number of carbonyl (C=O) groups is 1. The number of aromatic nitrogens is 2. The molecule has 0 saturated heterocycles. The molecule has 3 N–H and O–H groups in total. The van der Waals surface area contributed by atoms with Crippen molar-refractivity contribution in [3.63, 3.8) is 0 Å². The fraction of sp³-hybridized carbons (Fsp3) is 0.231. The maximum absolute atomic E-state index is 13.4. The first-order valence-corrected chi connectivity index (χ1v) is 5.79. The molecular weight excluding hydrogens is 247 g/mol. The molecule has 0 aliphatic carbocycles. The van der Waals surface area contributed by atoms with Crippen molar-refractivity contribution in [2.24, 2.45) is 12.8 Å². The van der Waals surface area contributed by atoms with Crippen molar-refractivity contribution >= 4 is 11.6 Å². The lowest BCUT2D eigenvalue weighted by molar-refractivity contribution is -0.117. The zero-order chi connectivity index (χ0) is 14.0. The molecule has 0 spiro atoms. The van der Waals surface area contributed by atoms with Crippen LogP contribution in [0.25, 0.3) is 0 Å². The van der Waals surface area contributed by atoms with E-state index in [1.54, 1.807) is 30.9 Å². The van der Waals surface area contributed by atoms with Crippen LogP contribution in [0.1, 0.15) is 17.2 Å². The van der Waals surface area contributed by atoms with Crippen LogP contribution < -0.4 is 11.1 Å². The van der Waals surface area contributed by atoms with Gasteiger partial charge in [0.1, 0.15) is 11.9 Å². The van der Waals surface area contributed by atoms with Gasteiger partial charge in [-0.05, 0) is 19.1 Å². The predicted molar refractivity (Wildman–Crippen MR) is 69.9 cm³/mol. The normalized spacial score (nSPS) is 12.2. The predicted octanol–water partition coefficient (Wildman–Crippen LogP) is 1.51. The number of halogens is 1. The Bertz CT molecular complexity index is 608. The molecule has 0 aliphatic heterocycles. The molecular formula is C13H15FN4O. The molecule has 0 saturated carbocycles. The van der Waals surface area contributed by atoms with Crippen LogP contribution in [-0.4, -0.2) is 15.7 Å². The third kappa shape index (κ3) is 2.79. The van der Waals surface area contributed by atoms with Crippen LogP contribution >= 0.6 is 0 Å². The van der Waals surface area contributed by atoms with Gasteiger partial charge in [-0.25, -0.2) is 4.39 Å². The maximum atomic E-state index is 13.4. The van der Waals surface area contributed by atoms with Gasteiger partial charge in [0.15, 0.2) is 0 Å². The molecule has 0 radical (unpaired) electrons. The van der Waals surface area contributed by atoms with Gasteiger partial charge in [0.25, 0.3) is 0 Å². The molecule has 5 nitrogen and oxygen atoms in total. The van der Waals surface area contributed by atoms with Gasteiger partial charge in [0, 0.05) is 30.1 Å². The number of rotatable bonds is 3. The van der Waals surface area contributed by atoms with E-state index in [9.17, 15) is 9.18 Å². The minimum atomic E-state index is -0.837. The number of carbonyl (C=O) groups excluding carboxylic acids is 1. The Balaban J connectivity index is 2.15. The summed E-state index contributed by atoms with van der Waals surface area (Å²) in [6.07, 6.45) is 3.20. The first-order valence-electron chi connectivity index (χ1n) is 5.79. The Labute approximate surface area is 110 Å². The number of nitrogens with zero attached hydrogens (tertiary/aromatic N) is 2. The Hall–Kier alpha value is -2.21. The molecule has 1 aromatic heterocycles. The number of hydrogen-bond acceptors (Lipinski definition) is 3. The van der Waals surface area contributed by atoms with E-state index in [4.69, 9.17) is 5.73 Å². The second-order valence-corrected chi connectivity index (χ2v) is 4.33. The standard InChI is InChI=1S/C13H15FN4O/c1-8-10(14)4-3-5-11(8)17-13(19)12(15)9-6-16-18(2)7-9/h3-7,12H,15H2,1-2H3,(H,17,19). The first kappa shape index (κ1) is 13.2. The van der Waals surface area contributed by atoms with Crippen molar-refractivity contribution in [2.45, 2.75) is 13.0 Å². The molecule has 19 heavy (non-hydrogen) atoms. The second-order valence-electron chi connectivity index (χ2n) is 4.33. The minimum Gasteiger partial charge on any atom is -0.324 e. The lowest BCUT2D eigenvalue weighted by Gasteiger charge is -2.12. The van der Waals surface area contributed by atoms with Gasteiger partial charge in [-0.3, -0.25) is 9.48 Å². The van der Waals surface area contributed by atoms with Crippen LogP contribution in [-0.2, 0) is 11.8 Å². The Morgan fingerprint density at radius 1 is 1.53 bits per heavy atom. The molecule has 0 fully saturated rings. The fourth-order valence-electron chi connectivity index (χ4n) is 1.71. The Morgan fingerprint density at radius 2 is 2.26 bits per heavy atom. The van der Waals surface area contributed by atoms with Crippen LogP contribution in [0.3, 0.4) is 0 Å². The molecule has 0 aliphatic rings. The van der Waals surface area contributed by atoms with Gasteiger partial charge in [0.2, 0.25) is 5.91 Å². The molecule has 1 atom stereocenters. The average molecular weight is 262 g/mol. The van der Waals surface area contributed by atoms with E-state index >= 15 is 0 Å². The van der Waals surface area contributed by atoms with Crippen molar-refractivity contribution in [2.75, 3.05) is 5.32 Å². The molecule has 6 heteroatoms. The molecule has 0 bridgehead atoms. The van der Waals surface area contributed by atoms with Crippen molar-refractivity contribution in [3.8, 4) is 0 Å². The SMILES string of the molecule is Cc1c(F)cccc1NC(=O)C(N)c1cnn(C)c1. The van der Waals surface area contributed by atoms with Gasteiger partial charge in [-0.1, -0.05) is 6.07 Å². The number of aryl methyl sites for hydroxylation is 1. The summed E-state index contributed by atoms with van der Waals surface area (Å²) in [5.41, 5.74) is 7.24. The number of nitrogens with two attached hydrogens (primary N) is 1. The summed E-state index contributed by atoms with van der Waals surface area (Å²) >= 11 is 0. The zero-order valence-electron chi connectivity index (χ0n) is 10.7. The lowest BCUT2D eigenvalue weighted by Crippen LogP contribution is -2.27. The highest BCUT2D eigenvalue weighted by Crippen LogP contribution is 2.19. The number of benzene rings is 1. The summed E-state index contributed by atoms with van der Waals surface area (Å²) in [6, 6.07) is 3.67. The van der Waals surface area contributed by atoms with Crippen LogP contribution in [0.2, 0.25) is 0 Å². The number of anilines is 1. The van der Waals surface area contributed by atoms with Gasteiger partial charge in [-0.2, -0.15) is 5.10 Å². The van der Waals surface area contributed by atoms with Crippen LogP contribution in [0, 0.1) is 12.7 Å². The van der Waals surface area contributed by atoms with E-state index in [0.717, 1.165) is 0 Å². The molecule has 2 rings (SSSR count). The quantitative estimate of drug-likeness (QED) is 0.880.